The molecule has 0 radical (unpaired) electrons. The van der Waals surface area contributed by atoms with Gasteiger partial charge in [-0.25, -0.2) is 0 Å². The number of morpholine rings is 1. The zero-order chi connectivity index (χ0) is 12.8. The van der Waals surface area contributed by atoms with Gasteiger partial charge in [0.15, 0.2) is 0 Å². The summed E-state index contributed by atoms with van der Waals surface area (Å²) >= 11 is 4.21. The molecule has 0 aliphatic carbocycles. The molecule has 3 nitrogen and oxygen atoms in total. The second kappa shape index (κ2) is 8.00. The van der Waals surface area contributed by atoms with E-state index in [1.54, 1.807) is 0 Å². The van der Waals surface area contributed by atoms with E-state index < -0.39 is 0 Å². The Morgan fingerprint density at radius 3 is 2.94 bits per heavy atom. The molecule has 2 aliphatic rings. The summed E-state index contributed by atoms with van der Waals surface area (Å²) in [7, 11) is 0. The fourth-order valence-electron chi connectivity index (χ4n) is 2.39. The van der Waals surface area contributed by atoms with Crippen molar-refractivity contribution in [2.75, 3.05) is 50.0 Å². The first-order chi connectivity index (χ1) is 8.75. The number of hydrogen-bond acceptors (Lipinski definition) is 5. The molecule has 0 saturated carbocycles. The van der Waals surface area contributed by atoms with Crippen LogP contribution in [-0.4, -0.2) is 72.3 Å². The highest BCUT2D eigenvalue weighted by Crippen LogP contribution is 2.23. The van der Waals surface area contributed by atoms with Crippen molar-refractivity contribution in [3.8, 4) is 0 Å². The zero-order valence-electron chi connectivity index (χ0n) is 11.6. The van der Waals surface area contributed by atoms with Crippen LogP contribution in [0.1, 0.15) is 13.8 Å². The number of nitrogens with zero attached hydrogens (tertiary/aromatic N) is 1. The number of rotatable bonds is 5. The molecule has 0 aromatic heterocycles. The average Bonchev–Trinajstić information content (AvgIpc) is 2.40. The summed E-state index contributed by atoms with van der Waals surface area (Å²) in [5.41, 5.74) is 0. The molecule has 2 rings (SSSR count). The molecule has 0 bridgehead atoms. The quantitative estimate of drug-likeness (QED) is 0.828. The smallest absolute Gasteiger partial charge is 0.0826 e. The van der Waals surface area contributed by atoms with Crippen LogP contribution in [0, 0.1) is 0 Å². The third kappa shape index (κ3) is 4.93. The van der Waals surface area contributed by atoms with Crippen LogP contribution in [0.4, 0.5) is 0 Å². The largest absolute Gasteiger partial charge is 0.374 e. The first-order valence-corrected chi connectivity index (χ1v) is 9.22. The Balaban J connectivity index is 1.60. The summed E-state index contributed by atoms with van der Waals surface area (Å²) in [6.45, 7) is 9.74. The van der Waals surface area contributed by atoms with Crippen molar-refractivity contribution in [1.29, 1.82) is 0 Å². The van der Waals surface area contributed by atoms with Crippen LogP contribution in [-0.2, 0) is 4.74 Å². The van der Waals surface area contributed by atoms with E-state index in [0.29, 0.717) is 12.1 Å². The first kappa shape index (κ1) is 15.0. The molecule has 5 heteroatoms. The topological polar surface area (TPSA) is 24.5 Å². The first-order valence-electron chi connectivity index (χ1n) is 7.01. The van der Waals surface area contributed by atoms with Gasteiger partial charge in [-0.2, -0.15) is 23.5 Å². The van der Waals surface area contributed by atoms with Crippen molar-refractivity contribution < 1.29 is 4.74 Å². The normalized spacial score (nSPS) is 30.8. The molecule has 2 atom stereocenters. The van der Waals surface area contributed by atoms with Crippen molar-refractivity contribution in [1.82, 2.24) is 10.2 Å². The Labute approximate surface area is 120 Å². The number of ether oxygens (including phenoxy) is 1. The Bertz CT molecular complexity index is 235. The van der Waals surface area contributed by atoms with Crippen LogP contribution in [0.2, 0.25) is 0 Å². The van der Waals surface area contributed by atoms with Gasteiger partial charge >= 0.3 is 0 Å². The van der Waals surface area contributed by atoms with Crippen LogP contribution in [0.15, 0.2) is 0 Å². The molecule has 2 unspecified atom stereocenters. The van der Waals surface area contributed by atoms with Crippen molar-refractivity contribution in [2.45, 2.75) is 31.2 Å². The van der Waals surface area contributed by atoms with Crippen molar-refractivity contribution in [3.63, 3.8) is 0 Å². The Morgan fingerprint density at radius 2 is 2.22 bits per heavy atom. The van der Waals surface area contributed by atoms with Gasteiger partial charge in [0.2, 0.25) is 0 Å². The van der Waals surface area contributed by atoms with Gasteiger partial charge < -0.3 is 10.1 Å². The lowest BCUT2D eigenvalue weighted by Gasteiger charge is -2.35. The Morgan fingerprint density at radius 1 is 1.33 bits per heavy atom. The monoisotopic (exact) mass is 290 g/mol. The van der Waals surface area contributed by atoms with Gasteiger partial charge in [-0.05, 0) is 13.8 Å². The van der Waals surface area contributed by atoms with Crippen molar-refractivity contribution in [2.24, 2.45) is 0 Å². The van der Waals surface area contributed by atoms with Gasteiger partial charge in [0.25, 0.3) is 0 Å². The second-order valence-electron chi connectivity index (χ2n) is 5.31. The molecule has 0 aromatic carbocycles. The molecule has 2 heterocycles. The predicted molar refractivity (Wildman–Crippen MR) is 82.9 cm³/mol. The van der Waals surface area contributed by atoms with Gasteiger partial charge in [0.05, 0.1) is 12.7 Å². The maximum absolute atomic E-state index is 5.83. The third-order valence-electron chi connectivity index (χ3n) is 3.53. The maximum atomic E-state index is 5.83. The molecule has 106 valence electrons. The lowest BCUT2D eigenvalue weighted by atomic mass is 10.2. The highest BCUT2D eigenvalue weighted by atomic mass is 32.2. The van der Waals surface area contributed by atoms with E-state index in [1.165, 1.54) is 17.3 Å². The highest BCUT2D eigenvalue weighted by molar-refractivity contribution is 8.06. The van der Waals surface area contributed by atoms with Gasteiger partial charge in [-0.3, -0.25) is 4.90 Å². The van der Waals surface area contributed by atoms with Crippen LogP contribution in [0.25, 0.3) is 0 Å². The molecule has 18 heavy (non-hydrogen) atoms. The van der Waals surface area contributed by atoms with E-state index in [2.05, 4.69) is 47.6 Å². The van der Waals surface area contributed by atoms with Crippen LogP contribution in [0.3, 0.4) is 0 Å². The molecule has 1 N–H and O–H groups in total. The average molecular weight is 290 g/mol. The van der Waals surface area contributed by atoms with E-state index in [0.717, 1.165) is 38.0 Å². The van der Waals surface area contributed by atoms with Crippen molar-refractivity contribution in [3.05, 3.63) is 0 Å². The van der Waals surface area contributed by atoms with Crippen LogP contribution < -0.4 is 5.32 Å². The van der Waals surface area contributed by atoms with Crippen LogP contribution >= 0.6 is 23.5 Å². The van der Waals surface area contributed by atoms with Gasteiger partial charge in [-0.15, -0.1) is 0 Å². The lowest BCUT2D eigenvalue weighted by Crippen LogP contribution is -2.49. The molecule has 0 aromatic rings. The molecule has 2 fully saturated rings. The van der Waals surface area contributed by atoms with Crippen molar-refractivity contribution >= 4 is 23.5 Å². The molecular weight excluding hydrogens is 264 g/mol. The fourth-order valence-corrected chi connectivity index (χ4v) is 5.04. The molecule has 0 amide bonds. The molecule has 2 aliphatic heterocycles. The van der Waals surface area contributed by atoms with Crippen LogP contribution in [0.5, 0.6) is 0 Å². The van der Waals surface area contributed by atoms with Gasteiger partial charge in [0.1, 0.15) is 0 Å². The number of hydrogen-bond donors (Lipinski definition) is 1. The minimum Gasteiger partial charge on any atom is -0.374 e. The second-order valence-corrected chi connectivity index (χ2v) is 7.87. The predicted octanol–water partition coefficient (Wildman–Crippen LogP) is 1.53. The Kier molecular flexibility index (Phi) is 6.66. The third-order valence-corrected chi connectivity index (χ3v) is 6.37. The van der Waals surface area contributed by atoms with E-state index in [-0.39, 0.29) is 0 Å². The summed E-state index contributed by atoms with van der Waals surface area (Å²) in [5, 5.41) is 4.40. The summed E-state index contributed by atoms with van der Waals surface area (Å²) in [4.78, 5) is 2.51. The SMILES string of the molecule is CC(C)N1CCOC(CNCC2CSCCS2)C1. The molecular formula is C13H26N2OS2. The molecule has 2 saturated heterocycles. The zero-order valence-corrected chi connectivity index (χ0v) is 13.2. The molecule has 0 spiro atoms. The number of thioether (sulfide) groups is 2. The maximum Gasteiger partial charge on any atom is 0.0826 e. The van der Waals surface area contributed by atoms with E-state index in [9.17, 15) is 0 Å². The summed E-state index contributed by atoms with van der Waals surface area (Å²) < 4.78 is 5.83. The summed E-state index contributed by atoms with van der Waals surface area (Å²) in [6.07, 6.45) is 0.377. The van der Waals surface area contributed by atoms with E-state index in [1.807, 2.05) is 0 Å². The van der Waals surface area contributed by atoms with Gasteiger partial charge in [-0.1, -0.05) is 0 Å². The standard InChI is InChI=1S/C13H26N2OS2/c1-11(2)15-3-4-16-12(9-15)7-14-8-13-10-17-5-6-18-13/h11-14H,3-10H2,1-2H3. The van der Waals surface area contributed by atoms with E-state index >= 15 is 0 Å². The summed E-state index contributed by atoms with van der Waals surface area (Å²) in [5.74, 6) is 3.95. The van der Waals surface area contributed by atoms with E-state index in [4.69, 9.17) is 4.74 Å². The Hall–Kier alpha value is 0.580. The lowest BCUT2D eigenvalue weighted by molar-refractivity contribution is -0.0370. The fraction of sp³-hybridized carbons (Fsp3) is 1.00. The minimum absolute atomic E-state index is 0.377. The van der Waals surface area contributed by atoms with Gasteiger partial charge in [0, 0.05) is 54.7 Å². The highest BCUT2D eigenvalue weighted by Gasteiger charge is 2.22. The minimum atomic E-state index is 0.377. The number of nitrogens with one attached hydrogen (secondary N) is 1. The summed E-state index contributed by atoms with van der Waals surface area (Å²) in [6, 6.07) is 0.640.